The zero-order valence-electron chi connectivity index (χ0n) is 13.0. The van der Waals surface area contributed by atoms with E-state index in [1.165, 1.54) is 7.11 Å². The number of halogens is 1. The lowest BCUT2D eigenvalue weighted by molar-refractivity contribution is 0.0601. The highest BCUT2D eigenvalue weighted by molar-refractivity contribution is 6.33. The van der Waals surface area contributed by atoms with Crippen molar-refractivity contribution in [3.63, 3.8) is 0 Å². The first-order valence-electron chi connectivity index (χ1n) is 7.34. The summed E-state index contributed by atoms with van der Waals surface area (Å²) in [6.45, 7) is 0. The number of esters is 1. The lowest BCUT2D eigenvalue weighted by Crippen LogP contribution is -2.01. The maximum absolute atomic E-state index is 11.7. The minimum atomic E-state index is -0.482. The highest BCUT2D eigenvalue weighted by Gasteiger charge is 2.11. The summed E-state index contributed by atoms with van der Waals surface area (Å²) in [4.78, 5) is 16.1. The van der Waals surface area contributed by atoms with Gasteiger partial charge in [-0.15, -0.1) is 0 Å². The van der Waals surface area contributed by atoms with Crippen LogP contribution in [0.25, 0.3) is 5.69 Å². The molecule has 5 heteroatoms. The first kappa shape index (κ1) is 16.0. The second kappa shape index (κ2) is 7.15. The Morgan fingerprint density at radius 2 is 1.92 bits per heavy atom. The van der Waals surface area contributed by atoms with Gasteiger partial charge >= 0.3 is 5.97 Å². The van der Waals surface area contributed by atoms with Crippen LogP contribution in [0.4, 0.5) is 5.69 Å². The molecule has 4 nitrogen and oxygen atoms in total. The topological polar surface area (TPSA) is 43.6 Å². The van der Waals surface area contributed by atoms with E-state index in [9.17, 15) is 4.79 Å². The van der Waals surface area contributed by atoms with E-state index in [0.717, 1.165) is 11.4 Å². The highest BCUT2D eigenvalue weighted by Crippen LogP contribution is 2.23. The number of aromatic nitrogens is 1. The first-order valence-corrected chi connectivity index (χ1v) is 7.71. The molecule has 0 fully saturated rings. The van der Waals surface area contributed by atoms with Gasteiger partial charge < -0.3 is 9.30 Å². The van der Waals surface area contributed by atoms with Gasteiger partial charge in [-0.3, -0.25) is 4.99 Å². The minimum absolute atomic E-state index is 0.298. The van der Waals surface area contributed by atoms with E-state index < -0.39 is 5.97 Å². The molecule has 0 amide bonds. The Morgan fingerprint density at radius 3 is 2.67 bits per heavy atom. The molecule has 24 heavy (non-hydrogen) atoms. The predicted octanol–water partition coefficient (Wildman–Crippen LogP) is 4.67. The van der Waals surface area contributed by atoms with Crippen LogP contribution in [0.2, 0.25) is 5.02 Å². The number of hydrogen-bond acceptors (Lipinski definition) is 3. The average Bonchev–Trinajstić information content (AvgIpc) is 3.09. The van der Waals surface area contributed by atoms with Crippen LogP contribution in [0.15, 0.2) is 71.9 Å². The summed E-state index contributed by atoms with van der Waals surface area (Å²) in [7, 11) is 1.32. The number of hydrogen-bond donors (Lipinski definition) is 0. The lowest BCUT2D eigenvalue weighted by atomic mass is 10.2. The fourth-order valence-electron chi connectivity index (χ4n) is 2.32. The molecule has 0 unspecified atom stereocenters. The summed E-state index contributed by atoms with van der Waals surface area (Å²) < 4.78 is 6.75. The van der Waals surface area contributed by atoms with Crippen LogP contribution in [-0.4, -0.2) is 23.9 Å². The van der Waals surface area contributed by atoms with Crippen LogP contribution in [-0.2, 0) is 4.74 Å². The van der Waals surface area contributed by atoms with E-state index in [1.54, 1.807) is 24.4 Å². The van der Waals surface area contributed by atoms with Crippen molar-refractivity contribution in [1.82, 2.24) is 4.57 Å². The van der Waals surface area contributed by atoms with Gasteiger partial charge in [-0.25, -0.2) is 4.79 Å². The van der Waals surface area contributed by atoms with Gasteiger partial charge in [0.15, 0.2) is 0 Å². The van der Waals surface area contributed by atoms with Gasteiger partial charge in [0.05, 0.1) is 35.3 Å². The van der Waals surface area contributed by atoms with E-state index in [1.807, 2.05) is 53.2 Å². The Hall–Kier alpha value is -2.85. The zero-order chi connectivity index (χ0) is 16.9. The maximum Gasteiger partial charge on any atom is 0.339 e. The summed E-state index contributed by atoms with van der Waals surface area (Å²) >= 11 is 6.02. The van der Waals surface area contributed by atoms with Gasteiger partial charge in [0.2, 0.25) is 0 Å². The van der Waals surface area contributed by atoms with Crippen molar-refractivity contribution in [1.29, 1.82) is 0 Å². The normalized spacial score (nSPS) is 10.9. The number of rotatable bonds is 4. The van der Waals surface area contributed by atoms with Crippen LogP contribution in [0.1, 0.15) is 16.1 Å². The lowest BCUT2D eigenvalue weighted by Gasteiger charge is -2.06. The Kier molecular flexibility index (Phi) is 4.77. The molecule has 1 heterocycles. The third kappa shape index (κ3) is 3.39. The molecule has 0 atom stereocenters. The summed E-state index contributed by atoms with van der Waals surface area (Å²) in [6, 6.07) is 18.9. The molecule has 0 aliphatic carbocycles. The van der Waals surface area contributed by atoms with Gasteiger partial charge in [0.1, 0.15) is 0 Å². The number of carbonyl (C=O) groups is 1. The maximum atomic E-state index is 11.7. The van der Waals surface area contributed by atoms with Gasteiger partial charge in [-0.2, -0.15) is 0 Å². The number of benzene rings is 2. The Labute approximate surface area is 145 Å². The largest absolute Gasteiger partial charge is 0.465 e. The first-order chi connectivity index (χ1) is 11.7. The molecule has 0 radical (unpaired) electrons. The molecule has 3 rings (SSSR count). The van der Waals surface area contributed by atoms with Crippen molar-refractivity contribution in [2.75, 3.05) is 7.11 Å². The van der Waals surface area contributed by atoms with E-state index in [0.29, 0.717) is 16.3 Å². The summed E-state index contributed by atoms with van der Waals surface area (Å²) in [6.07, 6.45) is 3.72. The van der Waals surface area contributed by atoms with Crippen LogP contribution >= 0.6 is 11.6 Å². The summed E-state index contributed by atoms with van der Waals surface area (Å²) in [5.41, 5.74) is 2.90. The Morgan fingerprint density at radius 1 is 1.12 bits per heavy atom. The van der Waals surface area contributed by atoms with Crippen molar-refractivity contribution in [2.24, 2.45) is 4.99 Å². The van der Waals surface area contributed by atoms with Crippen molar-refractivity contribution >= 4 is 29.5 Å². The molecule has 1 aromatic heterocycles. The van der Waals surface area contributed by atoms with Gasteiger partial charge in [0, 0.05) is 11.9 Å². The minimum Gasteiger partial charge on any atom is -0.465 e. The number of aliphatic imine (C=N–C) groups is 1. The third-order valence-corrected chi connectivity index (χ3v) is 3.85. The van der Waals surface area contributed by atoms with Gasteiger partial charge in [-0.1, -0.05) is 29.8 Å². The molecular formula is C19H15ClN2O2. The fraction of sp³-hybridized carbons (Fsp3) is 0.0526. The van der Waals surface area contributed by atoms with E-state index >= 15 is 0 Å². The number of para-hydroxylation sites is 1. The van der Waals surface area contributed by atoms with Crippen LogP contribution in [0.3, 0.4) is 0 Å². The van der Waals surface area contributed by atoms with E-state index in [-0.39, 0.29) is 0 Å². The predicted molar refractivity (Wildman–Crippen MR) is 95.8 cm³/mol. The SMILES string of the molecule is COC(=O)c1cc(N=Cc2cccn2-c2ccccc2)ccc1Cl. The molecule has 0 aliphatic rings. The standard InChI is InChI=1S/C19H15ClN2O2/c1-24-19(23)17-12-14(9-10-18(17)20)21-13-16-8-5-11-22(16)15-6-3-2-4-7-15/h2-13H,1H3. The van der Waals surface area contributed by atoms with E-state index in [2.05, 4.69) is 4.99 Å². The zero-order valence-corrected chi connectivity index (χ0v) is 13.8. The molecule has 120 valence electrons. The smallest absolute Gasteiger partial charge is 0.339 e. The molecule has 0 bridgehead atoms. The highest BCUT2D eigenvalue weighted by atomic mass is 35.5. The molecule has 3 aromatic rings. The van der Waals surface area contributed by atoms with Gasteiger partial charge in [-0.05, 0) is 42.5 Å². The Bertz CT molecular complexity index is 885. The van der Waals surface area contributed by atoms with Crippen molar-refractivity contribution < 1.29 is 9.53 Å². The summed E-state index contributed by atoms with van der Waals surface area (Å²) in [5.74, 6) is -0.482. The third-order valence-electron chi connectivity index (χ3n) is 3.52. The average molecular weight is 339 g/mol. The second-order valence-corrected chi connectivity index (χ2v) is 5.46. The van der Waals surface area contributed by atoms with Crippen LogP contribution < -0.4 is 0 Å². The van der Waals surface area contributed by atoms with Crippen LogP contribution in [0.5, 0.6) is 0 Å². The quantitative estimate of drug-likeness (QED) is 0.512. The summed E-state index contributed by atoms with van der Waals surface area (Å²) in [5, 5.41) is 0.341. The molecule has 0 saturated heterocycles. The molecule has 0 saturated carbocycles. The van der Waals surface area contributed by atoms with Gasteiger partial charge in [0.25, 0.3) is 0 Å². The van der Waals surface area contributed by atoms with Crippen molar-refractivity contribution in [3.05, 3.63) is 83.1 Å². The van der Waals surface area contributed by atoms with Crippen molar-refractivity contribution in [2.45, 2.75) is 0 Å². The second-order valence-electron chi connectivity index (χ2n) is 5.05. The molecule has 0 spiro atoms. The number of carbonyl (C=O) groups excluding carboxylic acids is 1. The number of nitrogens with zero attached hydrogens (tertiary/aromatic N) is 2. The number of ether oxygens (including phenoxy) is 1. The van der Waals surface area contributed by atoms with Crippen LogP contribution in [0, 0.1) is 0 Å². The fourth-order valence-corrected chi connectivity index (χ4v) is 2.52. The number of methoxy groups -OCH3 is 1. The Balaban J connectivity index is 1.90. The molecular weight excluding hydrogens is 324 g/mol. The molecule has 2 aromatic carbocycles. The van der Waals surface area contributed by atoms with Crippen molar-refractivity contribution in [3.8, 4) is 5.69 Å². The van der Waals surface area contributed by atoms with E-state index in [4.69, 9.17) is 16.3 Å². The monoisotopic (exact) mass is 338 g/mol. The molecule has 0 aliphatic heterocycles. The molecule has 0 N–H and O–H groups in total.